The number of halogens is 2. The van der Waals surface area contributed by atoms with E-state index >= 15 is 0 Å². The molecule has 4 rings (SSSR count). The predicted octanol–water partition coefficient (Wildman–Crippen LogP) is 6.23. The number of rotatable bonds is 8. The van der Waals surface area contributed by atoms with Crippen LogP contribution in [0.3, 0.4) is 0 Å². The van der Waals surface area contributed by atoms with Crippen molar-refractivity contribution in [1.82, 2.24) is 9.78 Å². The van der Waals surface area contributed by atoms with E-state index in [1.54, 1.807) is 12.1 Å². The highest BCUT2D eigenvalue weighted by Gasteiger charge is 2.25. The lowest BCUT2D eigenvalue weighted by Crippen LogP contribution is -2.23. The zero-order chi connectivity index (χ0) is 23.4. The average molecular weight is 471 g/mol. The first-order valence-electron chi connectivity index (χ1n) is 11.3. The molecule has 33 heavy (non-hydrogen) atoms. The highest BCUT2D eigenvalue weighted by Crippen LogP contribution is 2.37. The van der Waals surface area contributed by atoms with Gasteiger partial charge in [-0.15, -0.1) is 0 Å². The first kappa shape index (κ1) is 23.5. The van der Waals surface area contributed by atoms with Crippen molar-refractivity contribution in [1.29, 1.82) is 0 Å². The van der Waals surface area contributed by atoms with Crippen LogP contribution in [0.1, 0.15) is 31.4 Å². The van der Waals surface area contributed by atoms with Gasteiger partial charge in [-0.2, -0.15) is 5.10 Å². The Morgan fingerprint density at radius 1 is 1.15 bits per heavy atom. The zero-order valence-electron chi connectivity index (χ0n) is 18.6. The van der Waals surface area contributed by atoms with E-state index in [2.05, 4.69) is 0 Å². The molecule has 0 aliphatic heterocycles. The minimum absolute atomic E-state index is 0.237. The molecule has 0 bridgehead atoms. The highest BCUT2D eigenvalue weighted by atomic mass is 35.5. The molecule has 1 saturated carbocycles. The van der Waals surface area contributed by atoms with Gasteiger partial charge in [0.1, 0.15) is 18.1 Å². The number of carbonyl (C=O) groups is 1. The molecule has 7 heteroatoms. The fraction of sp³-hybridized carbons (Fsp3) is 0.385. The van der Waals surface area contributed by atoms with Crippen molar-refractivity contribution >= 4 is 17.6 Å². The van der Waals surface area contributed by atoms with Crippen LogP contribution < -0.4 is 0 Å². The summed E-state index contributed by atoms with van der Waals surface area (Å²) in [6.45, 7) is 3.07. The van der Waals surface area contributed by atoms with Gasteiger partial charge in [-0.1, -0.05) is 41.9 Å². The van der Waals surface area contributed by atoms with Crippen LogP contribution in [0, 0.1) is 24.6 Å². The quantitative estimate of drug-likeness (QED) is 0.424. The normalized spacial score (nSPS) is 18.4. The van der Waals surface area contributed by atoms with Crippen molar-refractivity contribution in [2.45, 2.75) is 39.2 Å². The molecule has 5 nitrogen and oxygen atoms in total. The van der Waals surface area contributed by atoms with Crippen molar-refractivity contribution in [3.63, 3.8) is 0 Å². The third-order valence-electron chi connectivity index (χ3n) is 6.43. The van der Waals surface area contributed by atoms with Crippen LogP contribution in [0.15, 0.2) is 48.5 Å². The first-order chi connectivity index (χ1) is 15.9. The molecule has 0 amide bonds. The van der Waals surface area contributed by atoms with Gasteiger partial charge in [0.2, 0.25) is 0 Å². The Hall–Kier alpha value is -2.70. The zero-order valence-corrected chi connectivity index (χ0v) is 19.4. The van der Waals surface area contributed by atoms with E-state index in [0.29, 0.717) is 34.7 Å². The van der Waals surface area contributed by atoms with Crippen molar-refractivity contribution in [2.24, 2.45) is 11.8 Å². The van der Waals surface area contributed by atoms with E-state index < -0.39 is 5.97 Å². The number of hydrogen-bond donors (Lipinski definition) is 1. The van der Waals surface area contributed by atoms with E-state index in [1.807, 2.05) is 41.9 Å². The lowest BCUT2D eigenvalue weighted by atomic mass is 9.82. The number of aromatic nitrogens is 2. The Morgan fingerprint density at radius 3 is 2.52 bits per heavy atom. The second kappa shape index (κ2) is 10.5. The van der Waals surface area contributed by atoms with Gasteiger partial charge in [-0.3, -0.25) is 4.68 Å². The second-order valence-electron chi connectivity index (χ2n) is 8.78. The van der Waals surface area contributed by atoms with Crippen LogP contribution >= 0.6 is 11.6 Å². The van der Waals surface area contributed by atoms with Gasteiger partial charge < -0.3 is 9.84 Å². The van der Waals surface area contributed by atoms with E-state index in [1.165, 1.54) is 6.07 Å². The van der Waals surface area contributed by atoms with E-state index in [0.717, 1.165) is 49.0 Å². The van der Waals surface area contributed by atoms with Crippen LogP contribution in [0.5, 0.6) is 0 Å². The first-order valence-corrected chi connectivity index (χ1v) is 11.7. The van der Waals surface area contributed by atoms with Gasteiger partial charge in [0, 0.05) is 28.4 Å². The Bertz CT molecular complexity index is 1110. The molecule has 2 aromatic carbocycles. The summed E-state index contributed by atoms with van der Waals surface area (Å²) >= 11 is 5.98. The van der Waals surface area contributed by atoms with Crippen molar-refractivity contribution in [2.75, 3.05) is 13.2 Å². The van der Waals surface area contributed by atoms with Crippen LogP contribution in [0.25, 0.3) is 22.4 Å². The summed E-state index contributed by atoms with van der Waals surface area (Å²) in [6, 6.07) is 14.7. The summed E-state index contributed by atoms with van der Waals surface area (Å²) < 4.78 is 22.1. The standard InChI is InChI=1S/C26H28ClFN2O3/c1-17-25(20-5-3-2-4-6-20)26(22-12-11-21(27)13-23(22)28)29-30(17)14-18-7-9-19(10-8-18)15-33-16-24(31)32/h2-6,11-13,18-19H,7-10,14-16H2,1H3,(H,31,32). The largest absolute Gasteiger partial charge is 0.480 e. The average Bonchev–Trinajstić information content (AvgIpc) is 3.11. The summed E-state index contributed by atoms with van der Waals surface area (Å²) in [6.07, 6.45) is 4.08. The van der Waals surface area contributed by atoms with Crippen LogP contribution in [0.2, 0.25) is 5.02 Å². The molecule has 0 unspecified atom stereocenters. The van der Waals surface area contributed by atoms with Gasteiger partial charge in [0.15, 0.2) is 0 Å². The fourth-order valence-corrected chi connectivity index (χ4v) is 4.84. The third kappa shape index (κ3) is 5.63. The molecule has 1 aromatic heterocycles. The van der Waals surface area contributed by atoms with Crippen molar-refractivity contribution < 1.29 is 19.0 Å². The molecule has 0 saturated heterocycles. The van der Waals surface area contributed by atoms with Crippen molar-refractivity contribution in [3.05, 3.63) is 65.1 Å². The number of ether oxygens (including phenoxy) is 1. The van der Waals surface area contributed by atoms with Gasteiger partial charge >= 0.3 is 5.97 Å². The van der Waals surface area contributed by atoms with Crippen LogP contribution in [-0.2, 0) is 16.1 Å². The highest BCUT2D eigenvalue weighted by molar-refractivity contribution is 6.30. The summed E-state index contributed by atoms with van der Waals surface area (Å²) in [4.78, 5) is 10.6. The molecule has 1 N–H and O–H groups in total. The Balaban J connectivity index is 1.55. The topological polar surface area (TPSA) is 64.4 Å². The molecule has 0 spiro atoms. The maximum atomic E-state index is 14.8. The molecule has 0 radical (unpaired) electrons. The summed E-state index contributed by atoms with van der Waals surface area (Å²) in [5, 5.41) is 14.0. The fourth-order valence-electron chi connectivity index (χ4n) is 4.68. The monoisotopic (exact) mass is 470 g/mol. The van der Waals surface area contributed by atoms with E-state index in [-0.39, 0.29) is 12.4 Å². The van der Waals surface area contributed by atoms with Gasteiger partial charge in [0.05, 0.1) is 6.61 Å². The molecule has 1 fully saturated rings. The lowest BCUT2D eigenvalue weighted by molar-refractivity contribution is -0.142. The molecular weight excluding hydrogens is 443 g/mol. The third-order valence-corrected chi connectivity index (χ3v) is 6.67. The Morgan fingerprint density at radius 2 is 1.85 bits per heavy atom. The minimum atomic E-state index is -0.931. The van der Waals surface area contributed by atoms with Crippen molar-refractivity contribution in [3.8, 4) is 22.4 Å². The van der Waals surface area contributed by atoms with Gasteiger partial charge in [-0.05, 0) is 68.2 Å². The molecule has 1 heterocycles. The maximum absolute atomic E-state index is 14.8. The second-order valence-corrected chi connectivity index (χ2v) is 9.21. The minimum Gasteiger partial charge on any atom is -0.480 e. The van der Waals surface area contributed by atoms with Gasteiger partial charge in [-0.25, -0.2) is 9.18 Å². The molecular formula is C26H28ClFN2O3. The summed E-state index contributed by atoms with van der Waals surface area (Å²) in [5.41, 5.74) is 4.03. The molecule has 3 aromatic rings. The number of carboxylic acids is 1. The SMILES string of the molecule is Cc1c(-c2ccccc2)c(-c2ccc(Cl)cc2F)nn1CC1CCC(COCC(=O)O)CC1. The molecule has 174 valence electrons. The number of carboxylic acid groups (broad SMARTS) is 1. The van der Waals surface area contributed by atoms with Crippen LogP contribution in [0.4, 0.5) is 4.39 Å². The summed E-state index contributed by atoms with van der Waals surface area (Å²) in [7, 11) is 0. The summed E-state index contributed by atoms with van der Waals surface area (Å²) in [5.74, 6) is -0.449. The molecule has 1 aliphatic rings. The molecule has 0 atom stereocenters. The van der Waals surface area contributed by atoms with E-state index in [9.17, 15) is 9.18 Å². The van der Waals surface area contributed by atoms with Gasteiger partial charge in [0.25, 0.3) is 0 Å². The predicted molar refractivity (Wildman–Crippen MR) is 127 cm³/mol. The number of nitrogens with zero attached hydrogens (tertiary/aromatic N) is 2. The number of hydrogen-bond acceptors (Lipinski definition) is 3. The van der Waals surface area contributed by atoms with E-state index in [4.69, 9.17) is 26.5 Å². The maximum Gasteiger partial charge on any atom is 0.329 e. The Kier molecular flexibility index (Phi) is 7.46. The number of aliphatic carboxylic acids is 1. The van der Waals surface area contributed by atoms with Crippen LogP contribution in [-0.4, -0.2) is 34.1 Å². The Labute approximate surface area is 198 Å². The smallest absolute Gasteiger partial charge is 0.329 e. The number of benzene rings is 2. The lowest BCUT2D eigenvalue weighted by Gasteiger charge is -2.28. The molecule has 1 aliphatic carbocycles.